The van der Waals surface area contributed by atoms with E-state index in [9.17, 15) is 8.42 Å². The summed E-state index contributed by atoms with van der Waals surface area (Å²) in [5.41, 5.74) is 1.74. The summed E-state index contributed by atoms with van der Waals surface area (Å²) < 4.78 is 38.7. The summed E-state index contributed by atoms with van der Waals surface area (Å²) in [6.07, 6.45) is 1.59. The van der Waals surface area contributed by atoms with Crippen LogP contribution in [0.15, 0.2) is 105 Å². The van der Waals surface area contributed by atoms with Crippen molar-refractivity contribution in [3.8, 4) is 11.5 Å². The molecule has 0 atom stereocenters. The average molecular weight is 447 g/mol. The van der Waals surface area contributed by atoms with Gasteiger partial charge in [-0.25, -0.2) is 13.1 Å². The molecule has 4 aromatic rings. The summed E-state index contributed by atoms with van der Waals surface area (Å²) in [5.74, 6) is 2.51. The standard InChI is InChI=1S/C25H22N2O4S/c1-19-7-15-25(16-8-19)32(28,29)27-18-24-14-13-23(31-24)17-26-20-9-11-22(12-10-20)30-21-5-3-2-4-6-21/h2-17,27H,18H2,1H3. The predicted octanol–water partition coefficient (Wildman–Crippen LogP) is 5.61. The number of nitrogens with zero attached hydrogens (tertiary/aromatic N) is 1. The molecular formula is C25H22N2O4S. The van der Waals surface area contributed by atoms with Crippen molar-refractivity contribution in [1.29, 1.82) is 0 Å². The highest BCUT2D eigenvalue weighted by atomic mass is 32.2. The van der Waals surface area contributed by atoms with E-state index in [0.717, 1.165) is 22.7 Å². The van der Waals surface area contributed by atoms with Gasteiger partial charge in [-0.2, -0.15) is 0 Å². The van der Waals surface area contributed by atoms with E-state index in [2.05, 4.69) is 9.71 Å². The first-order valence-electron chi connectivity index (χ1n) is 10.00. The number of nitrogens with one attached hydrogen (secondary N) is 1. The van der Waals surface area contributed by atoms with E-state index >= 15 is 0 Å². The fraction of sp³-hybridized carbons (Fsp3) is 0.0800. The zero-order valence-electron chi connectivity index (χ0n) is 17.4. The van der Waals surface area contributed by atoms with Crippen molar-refractivity contribution < 1.29 is 17.6 Å². The maximum absolute atomic E-state index is 12.4. The van der Waals surface area contributed by atoms with E-state index in [4.69, 9.17) is 9.15 Å². The first-order valence-corrected chi connectivity index (χ1v) is 11.5. The Labute approximate surface area is 187 Å². The average Bonchev–Trinajstić information content (AvgIpc) is 3.26. The molecule has 7 heteroatoms. The Kier molecular flexibility index (Phi) is 6.49. The van der Waals surface area contributed by atoms with Crippen LogP contribution in [0.3, 0.4) is 0 Å². The molecule has 0 aliphatic heterocycles. The lowest BCUT2D eigenvalue weighted by Gasteiger charge is -2.05. The third-order valence-corrected chi connectivity index (χ3v) is 6.02. The molecule has 0 fully saturated rings. The van der Waals surface area contributed by atoms with Crippen molar-refractivity contribution in [1.82, 2.24) is 4.72 Å². The number of benzene rings is 3. The number of aryl methyl sites for hydroxylation is 1. The number of para-hydroxylation sites is 1. The first-order chi connectivity index (χ1) is 15.5. The largest absolute Gasteiger partial charge is 0.459 e. The molecule has 0 bridgehead atoms. The highest BCUT2D eigenvalue weighted by Crippen LogP contribution is 2.23. The van der Waals surface area contributed by atoms with Gasteiger partial charge in [-0.15, -0.1) is 0 Å². The van der Waals surface area contributed by atoms with Gasteiger partial charge in [0.05, 0.1) is 23.3 Å². The molecule has 0 spiro atoms. The zero-order valence-corrected chi connectivity index (χ0v) is 18.2. The molecule has 0 aliphatic carbocycles. The number of ether oxygens (including phenoxy) is 1. The SMILES string of the molecule is Cc1ccc(S(=O)(=O)NCc2ccc(C=Nc3ccc(Oc4ccccc4)cc3)o2)cc1. The maximum atomic E-state index is 12.4. The van der Waals surface area contributed by atoms with Crippen molar-refractivity contribution in [3.05, 3.63) is 108 Å². The van der Waals surface area contributed by atoms with Gasteiger partial charge >= 0.3 is 0 Å². The molecular weight excluding hydrogens is 424 g/mol. The molecule has 6 nitrogen and oxygen atoms in total. The summed E-state index contributed by atoms with van der Waals surface area (Å²) in [4.78, 5) is 4.61. The fourth-order valence-corrected chi connectivity index (χ4v) is 3.88. The minimum atomic E-state index is -3.60. The Morgan fingerprint density at radius 3 is 2.28 bits per heavy atom. The number of aliphatic imine (C=N–C) groups is 1. The molecule has 1 aromatic heterocycles. The molecule has 1 heterocycles. The van der Waals surface area contributed by atoms with E-state index in [0.29, 0.717) is 11.5 Å². The van der Waals surface area contributed by atoms with Crippen LogP contribution in [0.2, 0.25) is 0 Å². The van der Waals surface area contributed by atoms with Crippen LogP contribution in [0, 0.1) is 6.92 Å². The molecule has 4 rings (SSSR count). The van der Waals surface area contributed by atoms with E-state index in [1.165, 1.54) is 0 Å². The Hall–Kier alpha value is -3.68. The topological polar surface area (TPSA) is 80.9 Å². The lowest BCUT2D eigenvalue weighted by atomic mass is 10.2. The Balaban J connectivity index is 1.34. The molecule has 0 radical (unpaired) electrons. The fourth-order valence-electron chi connectivity index (χ4n) is 2.89. The van der Waals surface area contributed by atoms with Crippen molar-refractivity contribution in [2.24, 2.45) is 4.99 Å². The van der Waals surface area contributed by atoms with Crippen molar-refractivity contribution >= 4 is 21.9 Å². The van der Waals surface area contributed by atoms with Crippen LogP contribution in [0.4, 0.5) is 5.69 Å². The number of hydrogen-bond acceptors (Lipinski definition) is 5. The van der Waals surface area contributed by atoms with Gasteiger partial charge in [-0.05, 0) is 67.6 Å². The maximum Gasteiger partial charge on any atom is 0.240 e. The van der Waals surface area contributed by atoms with E-state index in [1.54, 1.807) is 42.6 Å². The van der Waals surface area contributed by atoms with Gasteiger partial charge in [0.1, 0.15) is 23.0 Å². The Bertz CT molecular complexity index is 1290. The summed E-state index contributed by atoms with van der Waals surface area (Å²) >= 11 is 0. The monoisotopic (exact) mass is 446 g/mol. The van der Waals surface area contributed by atoms with E-state index < -0.39 is 10.0 Å². The van der Waals surface area contributed by atoms with Gasteiger partial charge < -0.3 is 9.15 Å². The molecule has 0 unspecified atom stereocenters. The molecule has 0 saturated carbocycles. The third-order valence-electron chi connectivity index (χ3n) is 4.61. The van der Waals surface area contributed by atoms with Gasteiger partial charge in [0.25, 0.3) is 0 Å². The molecule has 0 saturated heterocycles. The zero-order chi connectivity index (χ0) is 22.4. The smallest absolute Gasteiger partial charge is 0.240 e. The van der Waals surface area contributed by atoms with Gasteiger partial charge in [0.2, 0.25) is 10.0 Å². The minimum Gasteiger partial charge on any atom is -0.459 e. The lowest BCUT2D eigenvalue weighted by Crippen LogP contribution is -2.22. The number of rotatable bonds is 8. The van der Waals surface area contributed by atoms with Crippen molar-refractivity contribution in [3.63, 3.8) is 0 Å². The second-order valence-electron chi connectivity index (χ2n) is 7.11. The molecule has 3 aromatic carbocycles. The number of furan rings is 1. The summed E-state index contributed by atoms with van der Waals surface area (Å²) in [6, 6.07) is 27.0. The van der Waals surface area contributed by atoms with E-state index in [1.807, 2.05) is 61.5 Å². The van der Waals surface area contributed by atoms with Crippen LogP contribution in [-0.2, 0) is 16.6 Å². The van der Waals surface area contributed by atoms with Gasteiger partial charge in [-0.3, -0.25) is 4.99 Å². The molecule has 162 valence electrons. The van der Waals surface area contributed by atoms with Gasteiger partial charge in [0.15, 0.2) is 0 Å². The Morgan fingerprint density at radius 1 is 0.875 bits per heavy atom. The van der Waals surface area contributed by atoms with Crippen LogP contribution in [0.5, 0.6) is 11.5 Å². The summed E-state index contributed by atoms with van der Waals surface area (Å²) in [5, 5.41) is 0. The van der Waals surface area contributed by atoms with E-state index in [-0.39, 0.29) is 11.4 Å². The predicted molar refractivity (Wildman–Crippen MR) is 124 cm³/mol. The van der Waals surface area contributed by atoms with Gasteiger partial charge in [-0.1, -0.05) is 35.9 Å². The normalized spacial score (nSPS) is 11.7. The highest BCUT2D eigenvalue weighted by molar-refractivity contribution is 7.89. The molecule has 0 amide bonds. The second-order valence-corrected chi connectivity index (χ2v) is 8.88. The second kappa shape index (κ2) is 9.64. The molecule has 0 aliphatic rings. The quantitative estimate of drug-likeness (QED) is 0.357. The summed E-state index contributed by atoms with van der Waals surface area (Å²) in [6.45, 7) is 1.96. The highest BCUT2D eigenvalue weighted by Gasteiger charge is 2.14. The van der Waals surface area contributed by atoms with Crippen LogP contribution in [0.1, 0.15) is 17.1 Å². The van der Waals surface area contributed by atoms with Crippen LogP contribution < -0.4 is 9.46 Å². The van der Waals surface area contributed by atoms with Gasteiger partial charge in [0, 0.05) is 0 Å². The molecule has 1 N–H and O–H groups in total. The van der Waals surface area contributed by atoms with Crippen LogP contribution >= 0.6 is 0 Å². The Morgan fingerprint density at radius 2 is 1.56 bits per heavy atom. The first kappa shape index (κ1) is 21.5. The van der Waals surface area contributed by atoms with Crippen molar-refractivity contribution in [2.75, 3.05) is 0 Å². The lowest BCUT2D eigenvalue weighted by molar-refractivity contribution is 0.483. The minimum absolute atomic E-state index is 0.0512. The summed E-state index contributed by atoms with van der Waals surface area (Å²) in [7, 11) is -3.60. The number of sulfonamides is 1. The van der Waals surface area contributed by atoms with Crippen molar-refractivity contribution in [2.45, 2.75) is 18.4 Å². The number of hydrogen-bond donors (Lipinski definition) is 1. The van der Waals surface area contributed by atoms with Crippen LogP contribution in [-0.4, -0.2) is 14.6 Å². The van der Waals surface area contributed by atoms with Crippen LogP contribution in [0.25, 0.3) is 0 Å². The third kappa shape index (κ3) is 5.72. The molecule has 32 heavy (non-hydrogen) atoms.